The van der Waals surface area contributed by atoms with Crippen molar-refractivity contribution in [2.75, 3.05) is 5.32 Å². The maximum Gasteiger partial charge on any atom is 0.322 e. The number of imide groups is 1. The van der Waals surface area contributed by atoms with Gasteiger partial charge in [-0.2, -0.15) is 0 Å². The number of hydrogen-bond acceptors (Lipinski definition) is 6. The fourth-order valence-corrected chi connectivity index (χ4v) is 2.71. The Balaban J connectivity index is 1.43. The first-order chi connectivity index (χ1) is 14.4. The van der Waals surface area contributed by atoms with Crippen LogP contribution in [0.4, 0.5) is 10.5 Å². The molecule has 1 heterocycles. The lowest BCUT2D eigenvalue weighted by Crippen LogP contribution is -2.32. The average molecular weight is 411 g/mol. The normalized spacial score (nSPS) is 16.2. The van der Waals surface area contributed by atoms with Gasteiger partial charge in [0.15, 0.2) is 6.10 Å². The predicted molar refractivity (Wildman–Crippen MR) is 107 cm³/mol. The van der Waals surface area contributed by atoms with Crippen LogP contribution in [0.3, 0.4) is 0 Å². The van der Waals surface area contributed by atoms with E-state index >= 15 is 0 Å². The van der Waals surface area contributed by atoms with E-state index in [1.165, 1.54) is 6.92 Å². The molecule has 1 aliphatic rings. The summed E-state index contributed by atoms with van der Waals surface area (Å²) in [4.78, 5) is 46.6. The molecule has 0 spiro atoms. The zero-order valence-corrected chi connectivity index (χ0v) is 16.2. The Bertz CT molecular complexity index is 930. The van der Waals surface area contributed by atoms with Crippen molar-refractivity contribution in [2.24, 2.45) is 0 Å². The Morgan fingerprint density at radius 2 is 1.70 bits per heavy atom. The number of hydrogen-bond donors (Lipinski definition) is 3. The van der Waals surface area contributed by atoms with Gasteiger partial charge in [0, 0.05) is 12.1 Å². The van der Waals surface area contributed by atoms with Crippen LogP contribution in [0.25, 0.3) is 0 Å². The molecule has 0 bridgehead atoms. The third-order valence-electron chi connectivity index (χ3n) is 4.27. The van der Waals surface area contributed by atoms with Crippen molar-refractivity contribution < 1.29 is 28.7 Å². The number of para-hydroxylation sites is 1. The quantitative estimate of drug-likeness (QED) is 0.453. The third kappa shape index (κ3) is 5.81. The molecule has 9 heteroatoms. The topological polar surface area (TPSA) is 123 Å². The van der Waals surface area contributed by atoms with Crippen molar-refractivity contribution >= 4 is 29.5 Å². The third-order valence-corrected chi connectivity index (χ3v) is 4.27. The van der Waals surface area contributed by atoms with Crippen LogP contribution < -0.4 is 20.7 Å². The first-order valence-electron chi connectivity index (χ1n) is 9.35. The molecule has 0 unspecified atom stereocenters. The Morgan fingerprint density at radius 3 is 2.33 bits per heavy atom. The number of carbonyl (C=O) groups excluding carboxylic acids is 4. The van der Waals surface area contributed by atoms with Crippen LogP contribution >= 0.6 is 0 Å². The number of rotatable bonds is 8. The lowest BCUT2D eigenvalue weighted by Gasteiger charge is -2.14. The largest absolute Gasteiger partial charge is 0.457 e. The highest BCUT2D eigenvalue weighted by Gasteiger charge is 2.30. The predicted octanol–water partition coefficient (Wildman–Crippen LogP) is 2.34. The van der Waals surface area contributed by atoms with E-state index in [1.807, 2.05) is 30.3 Å². The number of anilines is 1. The Kier molecular flexibility index (Phi) is 6.63. The number of carbonyl (C=O) groups is 4. The molecule has 0 saturated carbocycles. The minimum Gasteiger partial charge on any atom is -0.457 e. The molecular formula is C21H21N3O6. The fraction of sp³-hybridized carbons (Fsp3) is 0.238. The summed E-state index contributed by atoms with van der Waals surface area (Å²) in [5.74, 6) is -0.310. The molecule has 0 radical (unpaired) electrons. The molecule has 0 aliphatic carbocycles. The molecule has 1 fully saturated rings. The van der Waals surface area contributed by atoms with Gasteiger partial charge < -0.3 is 20.1 Å². The molecule has 1 saturated heterocycles. The molecule has 156 valence electrons. The van der Waals surface area contributed by atoms with Gasteiger partial charge in [-0.25, -0.2) is 4.79 Å². The van der Waals surface area contributed by atoms with Gasteiger partial charge >= 0.3 is 12.0 Å². The smallest absolute Gasteiger partial charge is 0.322 e. The SMILES string of the molecule is C[C@@H](OC(=O)CC[C@H]1NC(=O)NC1=O)C(=O)Nc1ccc(Oc2ccccc2)cc1. The van der Waals surface area contributed by atoms with E-state index in [0.717, 1.165) is 0 Å². The zero-order valence-electron chi connectivity index (χ0n) is 16.2. The van der Waals surface area contributed by atoms with Crippen LogP contribution in [0.15, 0.2) is 54.6 Å². The summed E-state index contributed by atoms with van der Waals surface area (Å²) in [7, 11) is 0. The molecule has 1 aliphatic heterocycles. The highest BCUT2D eigenvalue weighted by Crippen LogP contribution is 2.22. The summed E-state index contributed by atoms with van der Waals surface area (Å²) < 4.78 is 10.8. The standard InChI is InChI=1S/C21H21N3O6/c1-13(29-18(25)12-11-17-20(27)24-21(28)23-17)19(26)22-14-7-9-16(10-8-14)30-15-5-3-2-4-6-15/h2-10,13,17H,11-12H2,1H3,(H,22,26)(H2,23,24,27,28)/t13-,17-/m1/s1. The second-order valence-corrected chi connectivity index (χ2v) is 6.61. The van der Waals surface area contributed by atoms with Crippen molar-refractivity contribution in [3.63, 3.8) is 0 Å². The van der Waals surface area contributed by atoms with E-state index < -0.39 is 36.0 Å². The minimum absolute atomic E-state index is 0.0909. The van der Waals surface area contributed by atoms with Gasteiger partial charge in [0.2, 0.25) is 0 Å². The van der Waals surface area contributed by atoms with Crippen LogP contribution in [0, 0.1) is 0 Å². The molecule has 2 atom stereocenters. The highest BCUT2D eigenvalue weighted by molar-refractivity contribution is 6.04. The number of amides is 4. The van der Waals surface area contributed by atoms with E-state index in [0.29, 0.717) is 17.2 Å². The van der Waals surface area contributed by atoms with Crippen molar-refractivity contribution in [2.45, 2.75) is 31.9 Å². The van der Waals surface area contributed by atoms with Gasteiger partial charge in [-0.1, -0.05) is 18.2 Å². The molecule has 2 aromatic carbocycles. The highest BCUT2D eigenvalue weighted by atomic mass is 16.5. The molecule has 0 aromatic heterocycles. The Morgan fingerprint density at radius 1 is 1.03 bits per heavy atom. The van der Waals surface area contributed by atoms with Crippen LogP contribution in [-0.4, -0.2) is 36.0 Å². The van der Waals surface area contributed by atoms with Gasteiger partial charge in [-0.3, -0.25) is 19.7 Å². The zero-order chi connectivity index (χ0) is 21.5. The van der Waals surface area contributed by atoms with Gasteiger partial charge in [-0.05, 0) is 49.7 Å². The van der Waals surface area contributed by atoms with E-state index in [2.05, 4.69) is 16.0 Å². The maximum absolute atomic E-state index is 12.2. The summed E-state index contributed by atoms with van der Waals surface area (Å²) in [6.07, 6.45) is -1.04. The van der Waals surface area contributed by atoms with Gasteiger partial charge in [0.05, 0.1) is 0 Å². The summed E-state index contributed by atoms with van der Waals surface area (Å²) >= 11 is 0. The summed E-state index contributed by atoms with van der Waals surface area (Å²) in [6.45, 7) is 1.45. The van der Waals surface area contributed by atoms with Crippen LogP contribution in [0.2, 0.25) is 0 Å². The first kappa shape index (κ1) is 20.8. The second-order valence-electron chi connectivity index (χ2n) is 6.61. The lowest BCUT2D eigenvalue weighted by molar-refractivity contribution is -0.153. The van der Waals surface area contributed by atoms with Gasteiger partial charge in [-0.15, -0.1) is 0 Å². The molecule has 4 amide bonds. The van der Waals surface area contributed by atoms with Crippen LogP contribution in [0.5, 0.6) is 11.5 Å². The second kappa shape index (κ2) is 9.55. The molecule has 9 nitrogen and oxygen atoms in total. The monoisotopic (exact) mass is 411 g/mol. The maximum atomic E-state index is 12.2. The van der Waals surface area contributed by atoms with Crippen LogP contribution in [0.1, 0.15) is 19.8 Å². The first-order valence-corrected chi connectivity index (χ1v) is 9.35. The van der Waals surface area contributed by atoms with Crippen LogP contribution in [-0.2, 0) is 19.1 Å². The molecular weight excluding hydrogens is 390 g/mol. The summed E-state index contributed by atoms with van der Waals surface area (Å²) in [5.41, 5.74) is 0.522. The van der Waals surface area contributed by atoms with Crippen molar-refractivity contribution in [3.8, 4) is 11.5 Å². The van der Waals surface area contributed by atoms with E-state index in [4.69, 9.17) is 9.47 Å². The summed E-state index contributed by atoms with van der Waals surface area (Å²) in [5, 5.41) is 7.13. The fourth-order valence-electron chi connectivity index (χ4n) is 2.71. The number of ether oxygens (including phenoxy) is 2. The van der Waals surface area contributed by atoms with E-state index in [9.17, 15) is 19.2 Å². The lowest BCUT2D eigenvalue weighted by atomic mass is 10.1. The van der Waals surface area contributed by atoms with Crippen molar-refractivity contribution in [3.05, 3.63) is 54.6 Å². The van der Waals surface area contributed by atoms with Gasteiger partial charge in [0.25, 0.3) is 11.8 Å². The molecule has 2 aromatic rings. The van der Waals surface area contributed by atoms with Gasteiger partial charge in [0.1, 0.15) is 17.5 Å². The summed E-state index contributed by atoms with van der Waals surface area (Å²) in [6, 6.07) is 14.7. The van der Waals surface area contributed by atoms with E-state index in [1.54, 1.807) is 24.3 Å². The minimum atomic E-state index is -1.02. The Hall–Kier alpha value is -3.88. The number of esters is 1. The van der Waals surface area contributed by atoms with Crippen molar-refractivity contribution in [1.82, 2.24) is 10.6 Å². The molecule has 3 rings (SSSR count). The van der Waals surface area contributed by atoms with E-state index in [-0.39, 0.29) is 12.8 Å². The number of benzene rings is 2. The molecule has 30 heavy (non-hydrogen) atoms. The number of nitrogens with one attached hydrogen (secondary N) is 3. The number of urea groups is 1. The Labute approximate surface area is 172 Å². The molecule has 3 N–H and O–H groups in total. The average Bonchev–Trinajstić information content (AvgIpc) is 3.05. The van der Waals surface area contributed by atoms with Crippen molar-refractivity contribution in [1.29, 1.82) is 0 Å².